The van der Waals surface area contributed by atoms with Gasteiger partial charge >= 0.3 is 6.03 Å². The first-order valence-electron chi connectivity index (χ1n) is 9.00. The Kier molecular flexibility index (Phi) is 5.24. The Morgan fingerprint density at radius 3 is 2.93 bits per heavy atom. The minimum atomic E-state index is -0.992. The fourth-order valence-corrected chi connectivity index (χ4v) is 4.29. The van der Waals surface area contributed by atoms with Crippen LogP contribution in [0.25, 0.3) is 31.4 Å². The summed E-state index contributed by atoms with van der Waals surface area (Å²) >= 11 is 1.67. The van der Waals surface area contributed by atoms with Gasteiger partial charge in [-0.25, -0.2) is 4.79 Å². The molecule has 0 fully saturated rings. The van der Waals surface area contributed by atoms with Gasteiger partial charge in [0.05, 0.1) is 17.8 Å². The maximum Gasteiger partial charge on any atom is 0.321 e. The zero-order valence-corrected chi connectivity index (χ0v) is 16.4. The fraction of sp³-hybridized carbons (Fsp3) is 0.200. The van der Waals surface area contributed by atoms with E-state index >= 15 is 0 Å². The highest BCUT2D eigenvalue weighted by molar-refractivity contribution is 7.22. The normalized spacial score (nSPS) is 12.2. The second kappa shape index (κ2) is 7.98. The molecule has 8 nitrogen and oxygen atoms in total. The predicted octanol–water partition coefficient (Wildman–Crippen LogP) is 4.04. The number of hydrogen-bond donors (Lipinski definition) is 3. The lowest BCUT2D eigenvalue weighted by molar-refractivity contribution is 0.141. The van der Waals surface area contributed by atoms with Gasteiger partial charge < -0.3 is 15.3 Å². The summed E-state index contributed by atoms with van der Waals surface area (Å²) in [5.41, 5.74) is 2.46. The van der Waals surface area contributed by atoms with E-state index < -0.39 is 6.10 Å². The van der Waals surface area contributed by atoms with Crippen LogP contribution < -0.4 is 5.32 Å². The molecule has 2 aromatic carbocycles. The number of thiophene rings is 1. The average Bonchev–Trinajstić information content (AvgIpc) is 3.34. The zero-order chi connectivity index (χ0) is 20.4. The molecule has 0 radical (unpaired) electrons. The number of hydrogen-bond acceptors (Lipinski definition) is 6. The number of benzene rings is 2. The molecule has 2 aromatic heterocycles. The van der Waals surface area contributed by atoms with Gasteiger partial charge in [0.2, 0.25) is 0 Å². The van der Waals surface area contributed by atoms with Gasteiger partial charge in [0.1, 0.15) is 6.54 Å². The first-order chi connectivity index (χ1) is 14.0. The summed E-state index contributed by atoms with van der Waals surface area (Å²) in [6, 6.07) is 13.6. The molecule has 0 aliphatic carbocycles. The van der Waals surface area contributed by atoms with Crippen LogP contribution in [0.5, 0.6) is 0 Å². The molecular weight excluding hydrogens is 390 g/mol. The highest BCUT2D eigenvalue weighted by atomic mass is 32.1. The molecular formula is C20H19N5O3S. The second-order valence-corrected chi connectivity index (χ2v) is 7.87. The molecule has 3 N–H and O–H groups in total. The Balaban J connectivity index is 1.64. The van der Waals surface area contributed by atoms with Crippen molar-refractivity contribution in [3.8, 4) is 10.4 Å². The van der Waals surface area contributed by atoms with E-state index in [1.165, 1.54) is 9.60 Å². The topological polar surface area (TPSA) is 111 Å². The quantitative estimate of drug-likeness (QED) is 0.417. The molecule has 0 saturated carbocycles. The number of carbonyl (C=O) groups is 1. The van der Waals surface area contributed by atoms with Crippen LogP contribution >= 0.6 is 11.3 Å². The van der Waals surface area contributed by atoms with Gasteiger partial charge in [-0.3, -0.25) is 5.10 Å². The molecule has 0 spiro atoms. The molecule has 0 bridgehead atoms. The number of aliphatic hydroxyl groups is 1. The lowest BCUT2D eigenvalue weighted by atomic mass is 10.1. The first-order valence-corrected chi connectivity index (χ1v) is 9.82. The molecule has 1 atom stereocenters. The van der Waals surface area contributed by atoms with Crippen molar-refractivity contribution in [3.05, 3.63) is 53.6 Å². The molecule has 9 heteroatoms. The molecule has 0 aliphatic heterocycles. The number of likely N-dealkylation sites (N-methyl/N-ethyl adjacent to an activating group) is 1. The van der Waals surface area contributed by atoms with Gasteiger partial charge in [-0.2, -0.15) is 10.0 Å². The van der Waals surface area contributed by atoms with Crippen molar-refractivity contribution in [2.45, 2.75) is 6.10 Å². The van der Waals surface area contributed by atoms with E-state index in [0.717, 1.165) is 26.7 Å². The average molecular weight is 409 g/mol. The van der Waals surface area contributed by atoms with Crippen molar-refractivity contribution < 1.29 is 9.90 Å². The predicted molar refractivity (Wildman–Crippen MR) is 115 cm³/mol. The third-order valence-corrected chi connectivity index (χ3v) is 5.76. The molecule has 0 aliphatic rings. The number of H-pyrrole nitrogens is 1. The van der Waals surface area contributed by atoms with Crippen molar-refractivity contribution >= 4 is 44.0 Å². The Bertz CT molecular complexity index is 1150. The molecule has 4 aromatic rings. The van der Waals surface area contributed by atoms with E-state index in [-0.39, 0.29) is 19.1 Å². The molecule has 2 amide bonds. The number of anilines is 1. The Hall–Kier alpha value is -3.30. The van der Waals surface area contributed by atoms with Crippen LogP contribution in [0.15, 0.2) is 53.8 Å². The van der Waals surface area contributed by atoms with Gasteiger partial charge in [-0.05, 0) is 29.7 Å². The summed E-state index contributed by atoms with van der Waals surface area (Å²) in [4.78, 5) is 25.1. The number of aromatic amines is 1. The molecule has 29 heavy (non-hydrogen) atoms. The van der Waals surface area contributed by atoms with Crippen LogP contribution in [-0.4, -0.2) is 52.5 Å². The van der Waals surface area contributed by atoms with Gasteiger partial charge in [0.15, 0.2) is 0 Å². The number of carbonyl (C=O) groups excluding carboxylic acids is 1. The van der Waals surface area contributed by atoms with Crippen molar-refractivity contribution in [1.82, 2.24) is 15.1 Å². The molecule has 4 rings (SSSR count). The molecule has 0 saturated heterocycles. The summed E-state index contributed by atoms with van der Waals surface area (Å²) in [7, 11) is 1.55. The molecule has 148 valence electrons. The van der Waals surface area contributed by atoms with Crippen LogP contribution in [0.2, 0.25) is 0 Å². The Morgan fingerprint density at radius 2 is 2.14 bits per heavy atom. The summed E-state index contributed by atoms with van der Waals surface area (Å²) in [5, 5.41) is 24.4. The van der Waals surface area contributed by atoms with Crippen LogP contribution in [0.1, 0.15) is 0 Å². The standard InChI is InChI=1S/C20H19N5O3S/c1-25(11-15(26)10-22-28)20(27)23-14-6-13-9-21-24-19(13)16(8-14)18-7-12-4-2-3-5-17(12)29-18/h2-9,15,26H,10-11H2,1H3,(H,21,24)(H,23,27). The summed E-state index contributed by atoms with van der Waals surface area (Å²) < 4.78 is 1.18. The van der Waals surface area contributed by atoms with Crippen molar-refractivity contribution in [3.63, 3.8) is 0 Å². The lowest BCUT2D eigenvalue weighted by Crippen LogP contribution is -2.38. The van der Waals surface area contributed by atoms with E-state index in [0.29, 0.717) is 5.69 Å². The maximum absolute atomic E-state index is 12.5. The summed E-state index contributed by atoms with van der Waals surface area (Å²) in [6.07, 6.45) is 0.721. The number of aromatic nitrogens is 2. The number of aliphatic hydroxyl groups excluding tert-OH is 1. The largest absolute Gasteiger partial charge is 0.389 e. The van der Waals surface area contributed by atoms with E-state index in [9.17, 15) is 14.8 Å². The third-order valence-electron chi connectivity index (χ3n) is 4.61. The number of rotatable bonds is 6. The monoisotopic (exact) mass is 409 g/mol. The summed E-state index contributed by atoms with van der Waals surface area (Å²) in [5.74, 6) is 0. The van der Waals surface area contributed by atoms with Crippen LogP contribution in [-0.2, 0) is 0 Å². The second-order valence-electron chi connectivity index (χ2n) is 6.78. The van der Waals surface area contributed by atoms with E-state index in [2.05, 4.69) is 38.9 Å². The lowest BCUT2D eigenvalue weighted by Gasteiger charge is -2.20. The van der Waals surface area contributed by atoms with Gasteiger partial charge in [-0.15, -0.1) is 11.3 Å². The fourth-order valence-electron chi connectivity index (χ4n) is 3.20. The minimum Gasteiger partial charge on any atom is -0.389 e. The number of amides is 2. The smallest absolute Gasteiger partial charge is 0.321 e. The van der Waals surface area contributed by atoms with Crippen molar-refractivity contribution in [2.75, 3.05) is 25.5 Å². The van der Waals surface area contributed by atoms with Crippen molar-refractivity contribution in [1.29, 1.82) is 0 Å². The third kappa shape index (κ3) is 3.96. The van der Waals surface area contributed by atoms with Crippen molar-refractivity contribution in [2.24, 2.45) is 5.18 Å². The highest BCUT2D eigenvalue weighted by Crippen LogP contribution is 2.38. The maximum atomic E-state index is 12.5. The number of fused-ring (bicyclic) bond motifs is 2. The number of nitrogens with one attached hydrogen (secondary N) is 2. The Morgan fingerprint density at radius 1 is 1.31 bits per heavy atom. The van der Waals surface area contributed by atoms with Crippen LogP contribution in [0.4, 0.5) is 10.5 Å². The minimum absolute atomic E-state index is 0.00863. The first kappa shape index (κ1) is 19.0. The van der Waals surface area contributed by atoms with Gasteiger partial charge in [0.25, 0.3) is 0 Å². The molecule has 2 heterocycles. The van der Waals surface area contributed by atoms with E-state index in [4.69, 9.17) is 0 Å². The highest BCUT2D eigenvalue weighted by Gasteiger charge is 2.16. The van der Waals surface area contributed by atoms with Crippen LogP contribution in [0.3, 0.4) is 0 Å². The molecule has 1 unspecified atom stereocenters. The zero-order valence-electron chi connectivity index (χ0n) is 15.6. The van der Waals surface area contributed by atoms with E-state index in [1.54, 1.807) is 24.6 Å². The number of urea groups is 1. The SMILES string of the molecule is CN(CC(O)CN=O)C(=O)Nc1cc(-c2cc3ccccc3s2)c2[nH]ncc2c1. The van der Waals surface area contributed by atoms with Gasteiger partial charge in [0, 0.05) is 39.8 Å². The van der Waals surface area contributed by atoms with Crippen LogP contribution in [0, 0.1) is 4.91 Å². The van der Waals surface area contributed by atoms with Gasteiger partial charge in [-0.1, -0.05) is 23.4 Å². The Labute approximate surface area is 170 Å². The van der Waals surface area contributed by atoms with E-state index in [1.807, 2.05) is 24.3 Å². The summed E-state index contributed by atoms with van der Waals surface area (Å²) in [6.45, 7) is -0.247. The number of nitroso groups, excluding NO2 is 1. The number of nitrogens with zero attached hydrogens (tertiary/aromatic N) is 3.